The average molecular weight is 237 g/mol. The molecule has 0 aromatic rings. The smallest absolute Gasteiger partial charge is 0.0253 e. The molecule has 4 aliphatic rings. The van der Waals surface area contributed by atoms with Gasteiger partial charge in [-0.3, -0.25) is 4.90 Å². The number of nitrogens with one attached hydrogen (secondary N) is 1. The van der Waals surface area contributed by atoms with E-state index in [-0.39, 0.29) is 0 Å². The van der Waals surface area contributed by atoms with Crippen LogP contribution >= 0.6 is 0 Å². The van der Waals surface area contributed by atoms with Gasteiger partial charge in [0, 0.05) is 38.3 Å². The van der Waals surface area contributed by atoms with Crippen LogP contribution in [0.15, 0.2) is 0 Å². The Bertz CT molecular complexity index is 258. The zero-order valence-electron chi connectivity index (χ0n) is 11.4. The molecule has 4 fully saturated rings. The normalized spacial score (nSPS) is 43.2. The molecule has 2 atom stereocenters. The third kappa shape index (κ3) is 2.38. The Morgan fingerprint density at radius 1 is 1.06 bits per heavy atom. The fraction of sp³-hybridized carbons (Fsp3) is 1.00. The number of hydrogen-bond acceptors (Lipinski definition) is 3. The van der Waals surface area contributed by atoms with E-state index in [9.17, 15) is 0 Å². The summed E-state index contributed by atoms with van der Waals surface area (Å²) in [5.74, 6) is 1.75. The molecule has 0 saturated carbocycles. The Morgan fingerprint density at radius 2 is 1.82 bits per heavy atom. The van der Waals surface area contributed by atoms with Crippen LogP contribution in [0.2, 0.25) is 0 Å². The van der Waals surface area contributed by atoms with Crippen LogP contribution in [-0.2, 0) is 0 Å². The van der Waals surface area contributed by atoms with E-state index in [0.717, 1.165) is 17.9 Å². The van der Waals surface area contributed by atoms with Crippen LogP contribution in [-0.4, -0.2) is 61.2 Å². The first-order chi connectivity index (χ1) is 8.24. The first-order valence-corrected chi connectivity index (χ1v) is 7.44. The van der Waals surface area contributed by atoms with Crippen molar-refractivity contribution >= 4 is 0 Å². The van der Waals surface area contributed by atoms with Gasteiger partial charge in [-0.15, -0.1) is 0 Å². The van der Waals surface area contributed by atoms with Crippen LogP contribution in [0.4, 0.5) is 0 Å². The van der Waals surface area contributed by atoms with Gasteiger partial charge >= 0.3 is 0 Å². The van der Waals surface area contributed by atoms with E-state index in [0.29, 0.717) is 6.04 Å². The number of nitrogens with zero attached hydrogens (tertiary/aromatic N) is 2. The third-order valence-electron chi connectivity index (χ3n) is 5.13. The highest BCUT2D eigenvalue weighted by Gasteiger charge is 2.38. The van der Waals surface area contributed by atoms with E-state index >= 15 is 0 Å². The van der Waals surface area contributed by atoms with Crippen LogP contribution < -0.4 is 5.32 Å². The molecule has 4 heterocycles. The molecule has 0 amide bonds. The van der Waals surface area contributed by atoms with Gasteiger partial charge in [0.2, 0.25) is 0 Å². The van der Waals surface area contributed by atoms with Gasteiger partial charge in [0.25, 0.3) is 0 Å². The molecule has 0 aliphatic carbocycles. The largest absolute Gasteiger partial charge is 0.311 e. The second kappa shape index (κ2) is 4.87. The molecule has 3 heteroatoms. The molecule has 4 rings (SSSR count). The first-order valence-electron chi connectivity index (χ1n) is 7.44. The van der Waals surface area contributed by atoms with Crippen LogP contribution in [0, 0.1) is 11.8 Å². The topological polar surface area (TPSA) is 18.5 Å². The molecule has 98 valence electrons. The van der Waals surface area contributed by atoms with Gasteiger partial charge in [0.1, 0.15) is 0 Å². The lowest BCUT2D eigenvalue weighted by Gasteiger charge is -2.51. The van der Waals surface area contributed by atoms with E-state index in [1.54, 1.807) is 0 Å². The number of piperidine rings is 3. The average Bonchev–Trinajstić information content (AvgIpc) is 2.40. The van der Waals surface area contributed by atoms with E-state index in [1.807, 2.05) is 0 Å². The molecule has 0 radical (unpaired) electrons. The molecule has 0 aromatic heterocycles. The summed E-state index contributed by atoms with van der Waals surface area (Å²) >= 11 is 0. The molecule has 1 N–H and O–H groups in total. The van der Waals surface area contributed by atoms with Crippen molar-refractivity contribution in [2.45, 2.75) is 38.8 Å². The summed E-state index contributed by atoms with van der Waals surface area (Å²) in [6.45, 7) is 12.5. The lowest BCUT2D eigenvalue weighted by molar-refractivity contribution is -0.00940. The minimum Gasteiger partial charge on any atom is -0.311 e. The van der Waals surface area contributed by atoms with Crippen LogP contribution in [0.25, 0.3) is 0 Å². The van der Waals surface area contributed by atoms with E-state index in [4.69, 9.17) is 0 Å². The Labute approximate surface area is 106 Å². The summed E-state index contributed by atoms with van der Waals surface area (Å²) in [5, 5.41) is 3.68. The van der Waals surface area contributed by atoms with Crippen LogP contribution in [0.1, 0.15) is 26.7 Å². The first kappa shape index (κ1) is 11.9. The highest BCUT2D eigenvalue weighted by Crippen LogP contribution is 2.31. The zero-order valence-corrected chi connectivity index (χ0v) is 11.4. The van der Waals surface area contributed by atoms with Crippen LogP contribution in [0.5, 0.6) is 0 Å². The molecule has 3 nitrogen and oxygen atoms in total. The molecule has 2 unspecified atom stereocenters. The summed E-state index contributed by atoms with van der Waals surface area (Å²) < 4.78 is 0. The summed E-state index contributed by atoms with van der Waals surface area (Å²) in [5.41, 5.74) is 0. The summed E-state index contributed by atoms with van der Waals surface area (Å²) in [7, 11) is 0. The Balaban J connectivity index is 1.64. The van der Waals surface area contributed by atoms with Gasteiger partial charge in [-0.2, -0.15) is 0 Å². The predicted octanol–water partition coefficient (Wildman–Crippen LogP) is 1.01. The summed E-state index contributed by atoms with van der Waals surface area (Å²) in [4.78, 5) is 5.47. The Hall–Kier alpha value is -0.120. The maximum Gasteiger partial charge on any atom is 0.0253 e. The molecular formula is C14H27N3. The number of hydrogen-bond donors (Lipinski definition) is 1. The zero-order chi connectivity index (χ0) is 11.8. The second-order valence-electron chi connectivity index (χ2n) is 6.50. The Kier molecular flexibility index (Phi) is 3.42. The molecule has 0 spiro atoms. The summed E-state index contributed by atoms with van der Waals surface area (Å²) in [6, 6.07) is 1.57. The van der Waals surface area contributed by atoms with Crippen molar-refractivity contribution in [1.29, 1.82) is 0 Å². The highest BCUT2D eigenvalue weighted by molar-refractivity contribution is 4.95. The minimum absolute atomic E-state index is 0.708. The van der Waals surface area contributed by atoms with Crippen molar-refractivity contribution in [2.24, 2.45) is 11.8 Å². The standard InChI is InChI=1S/C14H27N3/c1-11(2)13-9-17(8-5-15-13)14-10-16-6-3-12(14)4-7-16/h11-15H,3-10H2,1-2H3. The monoisotopic (exact) mass is 237 g/mol. The molecule has 4 aliphatic heterocycles. The molecule has 4 saturated heterocycles. The fourth-order valence-electron chi connectivity index (χ4n) is 3.90. The van der Waals surface area contributed by atoms with Gasteiger partial charge in [0.05, 0.1) is 0 Å². The molecular weight excluding hydrogens is 210 g/mol. The summed E-state index contributed by atoms with van der Waals surface area (Å²) in [6.07, 6.45) is 2.89. The Morgan fingerprint density at radius 3 is 2.41 bits per heavy atom. The van der Waals surface area contributed by atoms with Crippen molar-refractivity contribution in [1.82, 2.24) is 15.1 Å². The van der Waals surface area contributed by atoms with Crippen molar-refractivity contribution in [3.05, 3.63) is 0 Å². The number of fused-ring (bicyclic) bond motifs is 3. The molecule has 2 bridgehead atoms. The maximum atomic E-state index is 3.68. The lowest BCUT2D eigenvalue weighted by atomic mass is 9.82. The minimum atomic E-state index is 0.708. The SMILES string of the molecule is CC(C)C1CN(C2CN3CCC2CC3)CCN1. The van der Waals surface area contributed by atoms with Crippen LogP contribution in [0.3, 0.4) is 0 Å². The van der Waals surface area contributed by atoms with Crippen molar-refractivity contribution in [2.75, 3.05) is 39.3 Å². The van der Waals surface area contributed by atoms with E-state index in [1.165, 1.54) is 52.1 Å². The van der Waals surface area contributed by atoms with Crippen molar-refractivity contribution in [3.8, 4) is 0 Å². The van der Waals surface area contributed by atoms with Gasteiger partial charge in [0.15, 0.2) is 0 Å². The fourth-order valence-corrected chi connectivity index (χ4v) is 3.90. The van der Waals surface area contributed by atoms with Gasteiger partial charge < -0.3 is 10.2 Å². The van der Waals surface area contributed by atoms with Gasteiger partial charge in [-0.1, -0.05) is 13.8 Å². The predicted molar refractivity (Wildman–Crippen MR) is 71.2 cm³/mol. The number of piperazine rings is 1. The number of rotatable bonds is 2. The van der Waals surface area contributed by atoms with E-state index < -0.39 is 0 Å². The quantitative estimate of drug-likeness (QED) is 0.773. The van der Waals surface area contributed by atoms with E-state index in [2.05, 4.69) is 29.0 Å². The van der Waals surface area contributed by atoms with Gasteiger partial charge in [-0.05, 0) is 37.8 Å². The lowest BCUT2D eigenvalue weighted by Crippen LogP contribution is -2.63. The molecule has 0 aromatic carbocycles. The van der Waals surface area contributed by atoms with Crippen molar-refractivity contribution < 1.29 is 0 Å². The second-order valence-corrected chi connectivity index (χ2v) is 6.50. The van der Waals surface area contributed by atoms with Gasteiger partial charge in [-0.25, -0.2) is 0 Å². The highest BCUT2D eigenvalue weighted by atomic mass is 15.3. The maximum absolute atomic E-state index is 3.68. The molecule has 17 heavy (non-hydrogen) atoms. The van der Waals surface area contributed by atoms with Crippen molar-refractivity contribution in [3.63, 3.8) is 0 Å². The third-order valence-corrected chi connectivity index (χ3v) is 5.13.